The molecule has 0 radical (unpaired) electrons. The maximum atomic E-state index is 12.5. The molecule has 1 amide bonds. The smallest absolute Gasteiger partial charge is 0.259 e. The Balaban J connectivity index is 2.94. The van der Waals surface area contributed by atoms with Crippen LogP contribution in [-0.2, 0) is 0 Å². The average molecular weight is 261 g/mol. The standard InChI is InChI=1S/C14H19N3O2/c1-11(2)10-17(9-5-7-15)14(18)12-6-4-8-16-13(12)19-3/h4,6,8,11H,5,9-10H2,1-3H3. The number of nitriles is 1. The monoisotopic (exact) mass is 261 g/mol. The van der Waals surface area contributed by atoms with Crippen molar-refractivity contribution in [1.82, 2.24) is 9.88 Å². The van der Waals surface area contributed by atoms with E-state index in [1.54, 1.807) is 23.2 Å². The topological polar surface area (TPSA) is 66.2 Å². The normalized spacial score (nSPS) is 10.1. The van der Waals surface area contributed by atoms with Crippen LogP contribution in [0.2, 0.25) is 0 Å². The molecule has 0 saturated heterocycles. The van der Waals surface area contributed by atoms with E-state index in [0.29, 0.717) is 36.9 Å². The Morgan fingerprint density at radius 1 is 1.58 bits per heavy atom. The van der Waals surface area contributed by atoms with Crippen LogP contribution in [0.15, 0.2) is 18.3 Å². The first-order valence-corrected chi connectivity index (χ1v) is 6.25. The first kappa shape index (κ1) is 15.0. The van der Waals surface area contributed by atoms with Gasteiger partial charge in [-0.15, -0.1) is 0 Å². The Morgan fingerprint density at radius 3 is 2.89 bits per heavy atom. The molecule has 0 saturated carbocycles. The van der Waals surface area contributed by atoms with Crippen molar-refractivity contribution in [3.05, 3.63) is 23.9 Å². The summed E-state index contributed by atoms with van der Waals surface area (Å²) in [7, 11) is 1.49. The maximum absolute atomic E-state index is 12.5. The van der Waals surface area contributed by atoms with Gasteiger partial charge in [-0.05, 0) is 18.1 Å². The Labute approximate surface area is 113 Å². The minimum atomic E-state index is -0.145. The lowest BCUT2D eigenvalue weighted by Crippen LogP contribution is -2.35. The summed E-state index contributed by atoms with van der Waals surface area (Å²) in [6.07, 6.45) is 1.90. The number of amides is 1. The highest BCUT2D eigenvalue weighted by molar-refractivity contribution is 5.96. The molecule has 5 heteroatoms. The number of pyridine rings is 1. The van der Waals surface area contributed by atoms with E-state index in [1.165, 1.54) is 7.11 Å². The summed E-state index contributed by atoms with van der Waals surface area (Å²) in [5.41, 5.74) is 0.434. The van der Waals surface area contributed by atoms with Crippen molar-refractivity contribution in [3.63, 3.8) is 0 Å². The highest BCUT2D eigenvalue weighted by atomic mass is 16.5. The van der Waals surface area contributed by atoms with Crippen LogP contribution in [0.4, 0.5) is 0 Å². The second-order valence-electron chi connectivity index (χ2n) is 4.61. The Hall–Kier alpha value is -2.09. The molecule has 0 aliphatic heterocycles. The first-order valence-electron chi connectivity index (χ1n) is 6.25. The lowest BCUT2D eigenvalue weighted by atomic mass is 10.1. The van der Waals surface area contributed by atoms with E-state index in [9.17, 15) is 4.79 Å². The lowest BCUT2D eigenvalue weighted by molar-refractivity contribution is 0.0735. The van der Waals surface area contributed by atoms with Crippen molar-refractivity contribution in [2.75, 3.05) is 20.2 Å². The van der Waals surface area contributed by atoms with Gasteiger partial charge in [-0.3, -0.25) is 4.79 Å². The summed E-state index contributed by atoms with van der Waals surface area (Å²) in [5.74, 6) is 0.512. The molecule has 0 aliphatic carbocycles. The maximum Gasteiger partial charge on any atom is 0.259 e. The fourth-order valence-electron chi connectivity index (χ4n) is 1.79. The summed E-state index contributed by atoms with van der Waals surface area (Å²) >= 11 is 0. The molecule has 1 heterocycles. The van der Waals surface area contributed by atoms with Gasteiger partial charge in [-0.25, -0.2) is 4.98 Å². The molecule has 0 aromatic carbocycles. The number of ether oxygens (including phenoxy) is 1. The average Bonchev–Trinajstić information content (AvgIpc) is 2.42. The molecule has 0 atom stereocenters. The molecular formula is C14H19N3O2. The highest BCUT2D eigenvalue weighted by Gasteiger charge is 2.20. The fourth-order valence-corrected chi connectivity index (χ4v) is 1.79. The number of rotatable bonds is 6. The zero-order valence-corrected chi connectivity index (χ0v) is 11.6. The largest absolute Gasteiger partial charge is 0.480 e. The van der Waals surface area contributed by atoms with Gasteiger partial charge in [0.15, 0.2) is 0 Å². The molecule has 0 unspecified atom stereocenters. The molecule has 1 aromatic rings. The molecule has 19 heavy (non-hydrogen) atoms. The minimum absolute atomic E-state index is 0.145. The van der Waals surface area contributed by atoms with Crippen molar-refractivity contribution >= 4 is 5.91 Å². The van der Waals surface area contributed by atoms with Crippen molar-refractivity contribution in [2.45, 2.75) is 20.3 Å². The molecule has 0 aliphatic rings. The van der Waals surface area contributed by atoms with E-state index in [2.05, 4.69) is 11.1 Å². The van der Waals surface area contributed by atoms with Crippen LogP contribution >= 0.6 is 0 Å². The number of hydrogen-bond acceptors (Lipinski definition) is 4. The third-order valence-electron chi connectivity index (χ3n) is 2.56. The Bertz CT molecular complexity index is 466. The van der Waals surface area contributed by atoms with E-state index in [-0.39, 0.29) is 5.91 Å². The van der Waals surface area contributed by atoms with Crippen molar-refractivity contribution in [3.8, 4) is 11.9 Å². The molecule has 0 bridgehead atoms. The van der Waals surface area contributed by atoms with Crippen molar-refractivity contribution in [2.24, 2.45) is 5.92 Å². The lowest BCUT2D eigenvalue weighted by Gasteiger charge is -2.24. The number of hydrogen-bond donors (Lipinski definition) is 0. The van der Waals surface area contributed by atoms with Gasteiger partial charge in [0.05, 0.1) is 19.6 Å². The van der Waals surface area contributed by atoms with Crippen LogP contribution in [-0.4, -0.2) is 36.0 Å². The van der Waals surface area contributed by atoms with Gasteiger partial charge >= 0.3 is 0 Å². The third kappa shape index (κ3) is 4.25. The summed E-state index contributed by atoms with van der Waals surface area (Å²) < 4.78 is 5.10. The fraction of sp³-hybridized carbons (Fsp3) is 0.500. The second kappa shape index (κ2) is 7.37. The predicted octanol–water partition coefficient (Wildman–Crippen LogP) is 2.10. The molecule has 0 fully saturated rings. The first-order chi connectivity index (χ1) is 9.10. The van der Waals surface area contributed by atoms with E-state index in [0.717, 1.165) is 0 Å². The number of carbonyl (C=O) groups excluding carboxylic acids is 1. The molecule has 0 N–H and O–H groups in total. The Morgan fingerprint density at radius 2 is 2.32 bits per heavy atom. The van der Waals surface area contributed by atoms with E-state index < -0.39 is 0 Å². The number of nitrogens with zero attached hydrogens (tertiary/aromatic N) is 3. The molecule has 102 valence electrons. The Kier molecular flexibility index (Phi) is 5.80. The zero-order valence-electron chi connectivity index (χ0n) is 11.6. The van der Waals surface area contributed by atoms with Gasteiger partial charge in [0, 0.05) is 19.3 Å². The van der Waals surface area contributed by atoms with Gasteiger partial charge in [0.25, 0.3) is 5.91 Å². The van der Waals surface area contributed by atoms with E-state index in [1.807, 2.05) is 13.8 Å². The van der Waals surface area contributed by atoms with Crippen LogP contribution in [0.5, 0.6) is 5.88 Å². The summed E-state index contributed by atoms with van der Waals surface area (Å²) in [6.45, 7) is 5.10. The predicted molar refractivity (Wildman–Crippen MR) is 71.8 cm³/mol. The number of carbonyl (C=O) groups is 1. The molecule has 0 spiro atoms. The minimum Gasteiger partial charge on any atom is -0.480 e. The molecule has 1 rings (SSSR count). The van der Waals surface area contributed by atoms with Crippen LogP contribution < -0.4 is 4.74 Å². The van der Waals surface area contributed by atoms with Gasteiger partial charge in [-0.1, -0.05) is 13.8 Å². The number of methoxy groups -OCH3 is 1. The van der Waals surface area contributed by atoms with Crippen LogP contribution in [0, 0.1) is 17.2 Å². The zero-order chi connectivity index (χ0) is 14.3. The summed E-state index contributed by atoms with van der Waals surface area (Å²) in [4.78, 5) is 18.2. The summed E-state index contributed by atoms with van der Waals surface area (Å²) in [6, 6.07) is 5.46. The van der Waals surface area contributed by atoms with Gasteiger partial charge < -0.3 is 9.64 Å². The molecular weight excluding hydrogens is 242 g/mol. The van der Waals surface area contributed by atoms with Gasteiger partial charge in [0.2, 0.25) is 5.88 Å². The van der Waals surface area contributed by atoms with Gasteiger partial charge in [-0.2, -0.15) is 5.26 Å². The molecule has 1 aromatic heterocycles. The second-order valence-corrected chi connectivity index (χ2v) is 4.61. The van der Waals surface area contributed by atoms with Crippen molar-refractivity contribution < 1.29 is 9.53 Å². The quantitative estimate of drug-likeness (QED) is 0.786. The van der Waals surface area contributed by atoms with E-state index >= 15 is 0 Å². The SMILES string of the molecule is COc1ncccc1C(=O)N(CCC#N)CC(C)C. The van der Waals surface area contributed by atoms with Crippen LogP contribution in [0.3, 0.4) is 0 Å². The van der Waals surface area contributed by atoms with Gasteiger partial charge in [0.1, 0.15) is 5.56 Å². The number of aromatic nitrogens is 1. The van der Waals surface area contributed by atoms with Crippen LogP contribution in [0.25, 0.3) is 0 Å². The molecule has 5 nitrogen and oxygen atoms in total. The third-order valence-corrected chi connectivity index (χ3v) is 2.56. The van der Waals surface area contributed by atoms with Crippen LogP contribution in [0.1, 0.15) is 30.6 Å². The van der Waals surface area contributed by atoms with E-state index in [4.69, 9.17) is 10.00 Å². The summed E-state index contributed by atoms with van der Waals surface area (Å²) in [5, 5.41) is 8.68. The highest BCUT2D eigenvalue weighted by Crippen LogP contribution is 2.17. The van der Waals surface area contributed by atoms with Crippen molar-refractivity contribution in [1.29, 1.82) is 5.26 Å².